The van der Waals surface area contributed by atoms with Crippen molar-refractivity contribution in [3.05, 3.63) is 47.8 Å². The van der Waals surface area contributed by atoms with Gasteiger partial charge in [0, 0.05) is 30.2 Å². The van der Waals surface area contributed by atoms with Crippen LogP contribution in [0.4, 0.5) is 23.7 Å². The van der Waals surface area contributed by atoms with Crippen LogP contribution in [-0.2, 0) is 17.5 Å². The van der Waals surface area contributed by atoms with Crippen molar-refractivity contribution in [1.29, 1.82) is 0 Å². The molecule has 2 N–H and O–H groups in total. The molecule has 0 saturated carbocycles. The van der Waals surface area contributed by atoms with Gasteiger partial charge in [-0.15, -0.1) is 0 Å². The molecule has 0 aliphatic carbocycles. The molecule has 2 aromatic rings. The fourth-order valence-corrected chi connectivity index (χ4v) is 2.31. The molecule has 1 amide bonds. The van der Waals surface area contributed by atoms with Crippen molar-refractivity contribution in [2.75, 3.05) is 18.5 Å². The van der Waals surface area contributed by atoms with E-state index in [1.807, 2.05) is 0 Å². The van der Waals surface area contributed by atoms with Gasteiger partial charge in [0.15, 0.2) is 0 Å². The van der Waals surface area contributed by atoms with Crippen molar-refractivity contribution < 1.29 is 22.7 Å². The highest BCUT2D eigenvalue weighted by molar-refractivity contribution is 6.04. The number of ether oxygens (including phenoxy) is 1. The molecule has 0 atom stereocenters. The summed E-state index contributed by atoms with van der Waals surface area (Å²) >= 11 is 0. The molecule has 2 heterocycles. The Morgan fingerprint density at radius 1 is 1.36 bits per heavy atom. The summed E-state index contributed by atoms with van der Waals surface area (Å²) in [6.07, 6.45) is -1.95. The lowest BCUT2D eigenvalue weighted by atomic mass is 10.0. The second kappa shape index (κ2) is 6.83. The molecule has 10 heteroatoms. The molecule has 0 spiro atoms. The Morgan fingerprint density at radius 2 is 2.20 bits per heavy atom. The molecule has 1 aromatic carbocycles. The Labute approximate surface area is 140 Å². The summed E-state index contributed by atoms with van der Waals surface area (Å²) in [7, 11) is 0. The fourth-order valence-electron chi connectivity index (χ4n) is 2.31. The molecule has 1 aromatic heterocycles. The first kappa shape index (κ1) is 16.8. The molecule has 0 saturated heterocycles. The van der Waals surface area contributed by atoms with Gasteiger partial charge < -0.3 is 10.1 Å². The van der Waals surface area contributed by atoms with Crippen LogP contribution in [0.5, 0.6) is 0 Å². The SMILES string of the molecule is O=C1NN=C(c2ccc(NCCn3cccn3)c(C(F)(F)F)c2)CO1. The second-order valence-corrected chi connectivity index (χ2v) is 5.20. The average molecular weight is 353 g/mol. The second-order valence-electron chi connectivity index (χ2n) is 5.20. The summed E-state index contributed by atoms with van der Waals surface area (Å²) in [6.45, 7) is 0.526. The van der Waals surface area contributed by atoms with E-state index in [0.29, 0.717) is 6.54 Å². The predicted molar refractivity (Wildman–Crippen MR) is 83.2 cm³/mol. The maximum Gasteiger partial charge on any atom is 0.428 e. The number of hydrogen-bond acceptors (Lipinski definition) is 5. The number of amides is 1. The van der Waals surface area contributed by atoms with Crippen molar-refractivity contribution in [2.45, 2.75) is 12.7 Å². The fraction of sp³-hybridized carbons (Fsp3) is 0.267. The quantitative estimate of drug-likeness (QED) is 0.865. The van der Waals surface area contributed by atoms with Gasteiger partial charge in [0.05, 0.1) is 12.1 Å². The third-order valence-electron chi connectivity index (χ3n) is 3.50. The zero-order chi connectivity index (χ0) is 17.9. The molecule has 1 aliphatic heterocycles. The Hall–Kier alpha value is -3.04. The highest BCUT2D eigenvalue weighted by atomic mass is 19.4. The van der Waals surface area contributed by atoms with Gasteiger partial charge >= 0.3 is 12.3 Å². The van der Waals surface area contributed by atoms with E-state index in [0.717, 1.165) is 6.07 Å². The molecular weight excluding hydrogens is 339 g/mol. The summed E-state index contributed by atoms with van der Waals surface area (Å²) < 4.78 is 46.4. The highest BCUT2D eigenvalue weighted by Gasteiger charge is 2.34. The summed E-state index contributed by atoms with van der Waals surface area (Å²) in [4.78, 5) is 10.9. The molecule has 1 aliphatic rings. The van der Waals surface area contributed by atoms with E-state index in [1.54, 1.807) is 23.1 Å². The molecule has 0 fully saturated rings. The van der Waals surface area contributed by atoms with Crippen molar-refractivity contribution in [3.63, 3.8) is 0 Å². The molecule has 0 bridgehead atoms. The molecular formula is C15H14F3N5O2. The topological polar surface area (TPSA) is 80.5 Å². The lowest BCUT2D eigenvalue weighted by Gasteiger charge is -2.18. The van der Waals surface area contributed by atoms with E-state index < -0.39 is 17.8 Å². The first-order valence-corrected chi connectivity index (χ1v) is 7.36. The third-order valence-corrected chi connectivity index (χ3v) is 3.50. The number of halogens is 3. The summed E-state index contributed by atoms with van der Waals surface area (Å²) in [5.74, 6) is 0. The van der Waals surface area contributed by atoms with Gasteiger partial charge in [-0.25, -0.2) is 10.2 Å². The van der Waals surface area contributed by atoms with Gasteiger partial charge in [0.2, 0.25) is 0 Å². The number of nitrogens with one attached hydrogen (secondary N) is 2. The van der Waals surface area contributed by atoms with Crippen LogP contribution in [0.2, 0.25) is 0 Å². The van der Waals surface area contributed by atoms with E-state index >= 15 is 0 Å². The standard InChI is InChI=1S/C15H14F3N5O2/c16-15(17,18)11-8-10(13-9-25-14(24)22-21-13)2-3-12(11)19-5-7-23-6-1-4-20-23/h1-4,6,8,19H,5,7,9H2,(H,22,24). The van der Waals surface area contributed by atoms with E-state index in [9.17, 15) is 18.0 Å². The highest BCUT2D eigenvalue weighted by Crippen LogP contribution is 2.35. The number of alkyl halides is 3. The lowest BCUT2D eigenvalue weighted by molar-refractivity contribution is -0.137. The van der Waals surface area contributed by atoms with Gasteiger partial charge in [-0.1, -0.05) is 6.07 Å². The molecule has 0 radical (unpaired) electrons. The Balaban J connectivity index is 1.79. The van der Waals surface area contributed by atoms with E-state index in [1.165, 1.54) is 12.1 Å². The van der Waals surface area contributed by atoms with Crippen LogP contribution in [-0.4, -0.2) is 34.7 Å². The van der Waals surface area contributed by atoms with Gasteiger partial charge in [-0.05, 0) is 18.2 Å². The summed E-state index contributed by atoms with van der Waals surface area (Å²) in [5.41, 5.74) is 1.66. The summed E-state index contributed by atoms with van der Waals surface area (Å²) in [6, 6.07) is 5.54. The van der Waals surface area contributed by atoms with Crippen LogP contribution in [0.25, 0.3) is 0 Å². The minimum Gasteiger partial charge on any atom is -0.442 e. The van der Waals surface area contributed by atoms with E-state index in [2.05, 4.69) is 20.9 Å². The number of anilines is 1. The molecule has 132 valence electrons. The number of carbonyl (C=O) groups is 1. The van der Waals surface area contributed by atoms with Crippen LogP contribution in [0.1, 0.15) is 11.1 Å². The summed E-state index contributed by atoms with van der Waals surface area (Å²) in [5, 5.41) is 10.5. The largest absolute Gasteiger partial charge is 0.442 e. The maximum absolute atomic E-state index is 13.4. The van der Waals surface area contributed by atoms with Gasteiger partial charge in [-0.3, -0.25) is 4.68 Å². The van der Waals surface area contributed by atoms with Gasteiger partial charge in [-0.2, -0.15) is 23.4 Å². The van der Waals surface area contributed by atoms with Crippen LogP contribution >= 0.6 is 0 Å². The zero-order valence-corrected chi connectivity index (χ0v) is 12.9. The van der Waals surface area contributed by atoms with E-state index in [-0.39, 0.29) is 30.1 Å². The average Bonchev–Trinajstić information content (AvgIpc) is 3.08. The number of benzene rings is 1. The Kier molecular flexibility index (Phi) is 4.59. The van der Waals surface area contributed by atoms with Crippen molar-refractivity contribution in [2.24, 2.45) is 5.10 Å². The molecule has 3 rings (SSSR count). The normalized spacial score (nSPS) is 14.5. The van der Waals surface area contributed by atoms with Crippen molar-refractivity contribution in [3.8, 4) is 0 Å². The zero-order valence-electron chi connectivity index (χ0n) is 12.9. The third kappa shape index (κ3) is 4.08. The van der Waals surface area contributed by atoms with Crippen LogP contribution in [0.3, 0.4) is 0 Å². The number of rotatable bonds is 5. The lowest BCUT2D eigenvalue weighted by Crippen LogP contribution is -2.31. The van der Waals surface area contributed by atoms with Crippen LogP contribution in [0, 0.1) is 0 Å². The monoisotopic (exact) mass is 353 g/mol. The van der Waals surface area contributed by atoms with E-state index in [4.69, 9.17) is 4.74 Å². The van der Waals surface area contributed by atoms with Crippen LogP contribution < -0.4 is 10.7 Å². The van der Waals surface area contributed by atoms with Crippen molar-refractivity contribution >= 4 is 17.5 Å². The molecule has 25 heavy (non-hydrogen) atoms. The van der Waals surface area contributed by atoms with Crippen LogP contribution in [0.15, 0.2) is 41.8 Å². The first-order valence-electron chi connectivity index (χ1n) is 7.36. The number of nitrogens with zero attached hydrogens (tertiary/aromatic N) is 3. The number of cyclic esters (lactones) is 1. The number of aromatic nitrogens is 2. The first-order chi connectivity index (χ1) is 11.9. The van der Waals surface area contributed by atoms with Crippen molar-refractivity contribution in [1.82, 2.24) is 15.2 Å². The maximum atomic E-state index is 13.4. The Bertz CT molecular complexity index is 787. The minimum atomic E-state index is -4.54. The minimum absolute atomic E-state index is 0.0373. The number of hydrazone groups is 1. The predicted octanol–water partition coefficient (Wildman–Crippen LogP) is 2.46. The molecule has 0 unspecified atom stereocenters. The van der Waals surface area contributed by atoms with Gasteiger partial charge in [0.25, 0.3) is 0 Å². The number of carbonyl (C=O) groups excluding carboxylic acids is 1. The smallest absolute Gasteiger partial charge is 0.428 e. The number of hydrogen-bond donors (Lipinski definition) is 2. The van der Waals surface area contributed by atoms with Gasteiger partial charge in [0.1, 0.15) is 12.3 Å². The molecule has 7 nitrogen and oxygen atoms in total. The Morgan fingerprint density at radius 3 is 2.84 bits per heavy atom.